The predicted molar refractivity (Wildman–Crippen MR) is 44.6 cm³/mol. The number of aryl methyl sites for hydroxylation is 2. The lowest BCUT2D eigenvalue weighted by Crippen LogP contribution is -2.05. The molecule has 1 aromatic rings. The lowest BCUT2D eigenvalue weighted by atomic mass is 10.1. The summed E-state index contributed by atoms with van der Waals surface area (Å²) in [5.41, 5.74) is 1.47. The summed E-state index contributed by atoms with van der Waals surface area (Å²) in [5.74, 6) is -1.01. The summed E-state index contributed by atoms with van der Waals surface area (Å²) >= 11 is 0. The molecule has 0 radical (unpaired) electrons. The Hall–Kier alpha value is -1.58. The smallest absolute Gasteiger partial charge is 0.337 e. The second-order valence-electron chi connectivity index (χ2n) is 2.58. The van der Waals surface area contributed by atoms with E-state index in [1.807, 2.05) is 0 Å². The van der Waals surface area contributed by atoms with E-state index in [4.69, 9.17) is 5.11 Å². The lowest BCUT2D eigenvalue weighted by molar-refractivity contribution is -0.130. The highest BCUT2D eigenvalue weighted by Gasteiger charge is 2.13. The van der Waals surface area contributed by atoms with Crippen LogP contribution in [0.1, 0.15) is 11.3 Å². The second-order valence-corrected chi connectivity index (χ2v) is 2.58. The van der Waals surface area contributed by atoms with Crippen LogP contribution in [0.5, 0.6) is 0 Å². The number of hydrogen-bond acceptors (Lipinski definition) is 2. The first-order valence-electron chi connectivity index (χ1n) is 3.45. The number of aromatic nitrogens is 2. The molecule has 1 rings (SSSR count). The molecule has 0 aliphatic carbocycles. The van der Waals surface area contributed by atoms with Gasteiger partial charge < -0.3 is 5.11 Å². The van der Waals surface area contributed by atoms with Gasteiger partial charge in [-0.15, -0.1) is 0 Å². The van der Waals surface area contributed by atoms with Gasteiger partial charge in [0.15, 0.2) is 0 Å². The van der Waals surface area contributed by atoms with Crippen molar-refractivity contribution in [3.05, 3.63) is 24.0 Å². The Labute approximate surface area is 70.1 Å². The maximum absolute atomic E-state index is 10.6. The number of aliphatic carboxylic acids is 1. The zero-order valence-electron chi connectivity index (χ0n) is 7.03. The van der Waals surface area contributed by atoms with Crippen LogP contribution < -0.4 is 0 Å². The number of carbonyl (C=O) groups is 1. The molecular weight excluding hydrogens is 156 g/mol. The SMILES string of the molecule is C=C(C(=O)O)c1c(C)cnn1C. The molecule has 0 bridgehead atoms. The van der Waals surface area contributed by atoms with Crippen LogP contribution in [0.4, 0.5) is 0 Å². The normalized spacial score (nSPS) is 9.83. The van der Waals surface area contributed by atoms with E-state index in [9.17, 15) is 4.79 Å². The summed E-state index contributed by atoms with van der Waals surface area (Å²) in [6, 6.07) is 0. The molecule has 4 heteroatoms. The van der Waals surface area contributed by atoms with Crippen molar-refractivity contribution in [2.45, 2.75) is 6.92 Å². The molecule has 0 aliphatic rings. The fourth-order valence-corrected chi connectivity index (χ4v) is 1.08. The van der Waals surface area contributed by atoms with Crippen LogP contribution in [0.3, 0.4) is 0 Å². The molecule has 0 saturated carbocycles. The van der Waals surface area contributed by atoms with Gasteiger partial charge in [-0.25, -0.2) is 4.79 Å². The van der Waals surface area contributed by atoms with E-state index in [2.05, 4.69) is 11.7 Å². The topological polar surface area (TPSA) is 55.1 Å². The van der Waals surface area contributed by atoms with Gasteiger partial charge in [-0.3, -0.25) is 4.68 Å². The Balaban J connectivity index is 3.18. The van der Waals surface area contributed by atoms with Crippen LogP contribution in [-0.4, -0.2) is 20.9 Å². The van der Waals surface area contributed by atoms with Gasteiger partial charge in [0.1, 0.15) is 0 Å². The summed E-state index contributed by atoms with van der Waals surface area (Å²) in [6.45, 7) is 5.26. The minimum atomic E-state index is -1.01. The fraction of sp³-hybridized carbons (Fsp3) is 0.250. The average Bonchev–Trinajstić information content (AvgIpc) is 2.30. The lowest BCUT2D eigenvalue weighted by Gasteiger charge is -2.01. The summed E-state index contributed by atoms with van der Waals surface area (Å²) < 4.78 is 1.51. The highest BCUT2D eigenvalue weighted by molar-refractivity contribution is 6.14. The molecule has 0 fully saturated rings. The van der Waals surface area contributed by atoms with Crippen molar-refractivity contribution in [2.75, 3.05) is 0 Å². The number of rotatable bonds is 2. The molecule has 1 heterocycles. The highest BCUT2D eigenvalue weighted by Crippen LogP contribution is 2.15. The van der Waals surface area contributed by atoms with Crippen molar-refractivity contribution in [3.63, 3.8) is 0 Å². The van der Waals surface area contributed by atoms with Gasteiger partial charge in [-0.2, -0.15) is 5.10 Å². The Kier molecular flexibility index (Phi) is 1.99. The number of carboxylic acid groups (broad SMARTS) is 1. The summed E-state index contributed by atoms with van der Waals surface area (Å²) in [4.78, 5) is 10.6. The van der Waals surface area contributed by atoms with Crippen LogP contribution in [0.15, 0.2) is 12.8 Å². The molecule has 0 saturated heterocycles. The van der Waals surface area contributed by atoms with Crippen molar-refractivity contribution >= 4 is 11.5 Å². The predicted octanol–water partition coefficient (Wildman–Crippen LogP) is 0.826. The van der Waals surface area contributed by atoms with Crippen LogP contribution in [-0.2, 0) is 11.8 Å². The van der Waals surface area contributed by atoms with E-state index in [0.29, 0.717) is 5.69 Å². The number of carboxylic acids is 1. The Morgan fingerprint density at radius 2 is 2.33 bits per heavy atom. The van der Waals surface area contributed by atoms with Gasteiger partial charge in [0, 0.05) is 7.05 Å². The first-order valence-corrected chi connectivity index (χ1v) is 3.45. The van der Waals surface area contributed by atoms with Crippen molar-refractivity contribution in [1.82, 2.24) is 9.78 Å². The molecule has 0 unspecified atom stereocenters. The van der Waals surface area contributed by atoms with E-state index in [0.717, 1.165) is 5.56 Å². The largest absolute Gasteiger partial charge is 0.478 e. The maximum Gasteiger partial charge on any atom is 0.337 e. The van der Waals surface area contributed by atoms with Gasteiger partial charge in [-0.05, 0) is 12.5 Å². The molecule has 12 heavy (non-hydrogen) atoms. The Morgan fingerprint density at radius 1 is 1.75 bits per heavy atom. The minimum absolute atomic E-state index is 0.0764. The molecule has 4 nitrogen and oxygen atoms in total. The van der Waals surface area contributed by atoms with Crippen molar-refractivity contribution in [2.24, 2.45) is 7.05 Å². The van der Waals surface area contributed by atoms with E-state index >= 15 is 0 Å². The van der Waals surface area contributed by atoms with Crippen molar-refractivity contribution in [3.8, 4) is 0 Å². The van der Waals surface area contributed by atoms with Gasteiger partial charge in [-0.1, -0.05) is 6.58 Å². The van der Waals surface area contributed by atoms with Crippen LogP contribution in [0.25, 0.3) is 5.57 Å². The quantitative estimate of drug-likeness (QED) is 0.662. The molecule has 1 aromatic heterocycles. The maximum atomic E-state index is 10.6. The Morgan fingerprint density at radius 3 is 2.67 bits per heavy atom. The summed E-state index contributed by atoms with van der Waals surface area (Å²) in [6.07, 6.45) is 1.61. The minimum Gasteiger partial charge on any atom is -0.478 e. The van der Waals surface area contributed by atoms with E-state index in [1.54, 1.807) is 20.2 Å². The number of nitrogens with zero attached hydrogens (tertiary/aromatic N) is 2. The van der Waals surface area contributed by atoms with E-state index in [-0.39, 0.29) is 5.57 Å². The summed E-state index contributed by atoms with van der Waals surface area (Å²) in [7, 11) is 1.69. The van der Waals surface area contributed by atoms with Crippen molar-refractivity contribution < 1.29 is 9.90 Å². The monoisotopic (exact) mass is 166 g/mol. The van der Waals surface area contributed by atoms with Crippen molar-refractivity contribution in [1.29, 1.82) is 0 Å². The molecule has 0 aromatic carbocycles. The summed E-state index contributed by atoms with van der Waals surface area (Å²) in [5, 5.41) is 12.6. The third kappa shape index (κ3) is 1.23. The van der Waals surface area contributed by atoms with Crippen LogP contribution in [0.2, 0.25) is 0 Å². The van der Waals surface area contributed by atoms with Gasteiger partial charge >= 0.3 is 5.97 Å². The van der Waals surface area contributed by atoms with Crippen LogP contribution >= 0.6 is 0 Å². The molecule has 0 spiro atoms. The Bertz CT molecular complexity index is 319. The van der Waals surface area contributed by atoms with E-state index < -0.39 is 5.97 Å². The molecule has 64 valence electrons. The highest BCUT2D eigenvalue weighted by atomic mass is 16.4. The molecule has 0 amide bonds. The average molecular weight is 166 g/mol. The molecule has 0 atom stereocenters. The first kappa shape index (κ1) is 8.52. The van der Waals surface area contributed by atoms with Gasteiger partial charge in [0.25, 0.3) is 0 Å². The zero-order valence-corrected chi connectivity index (χ0v) is 7.03. The standard InChI is InChI=1S/C8H10N2O2/c1-5-4-9-10(3)7(5)6(2)8(11)12/h4H,2H2,1,3H3,(H,11,12). The van der Waals surface area contributed by atoms with Gasteiger partial charge in [0.2, 0.25) is 0 Å². The fourth-order valence-electron chi connectivity index (χ4n) is 1.08. The third-order valence-corrected chi connectivity index (χ3v) is 1.67. The number of hydrogen-bond donors (Lipinski definition) is 1. The third-order valence-electron chi connectivity index (χ3n) is 1.67. The zero-order chi connectivity index (χ0) is 9.30. The molecule has 1 N–H and O–H groups in total. The first-order chi connectivity index (χ1) is 5.54. The molecular formula is C8H10N2O2. The van der Waals surface area contributed by atoms with Crippen LogP contribution in [0, 0.1) is 6.92 Å². The van der Waals surface area contributed by atoms with E-state index in [1.165, 1.54) is 4.68 Å². The van der Waals surface area contributed by atoms with Gasteiger partial charge in [0.05, 0.1) is 17.5 Å². The molecule has 0 aliphatic heterocycles. The second kappa shape index (κ2) is 2.81.